The first kappa shape index (κ1) is 12.8. The van der Waals surface area contributed by atoms with Gasteiger partial charge in [0.05, 0.1) is 0 Å². The fourth-order valence-electron chi connectivity index (χ4n) is 1.83. The van der Waals surface area contributed by atoms with Crippen molar-refractivity contribution in [1.82, 2.24) is 0 Å². The molecule has 1 atom stereocenters. The molecule has 0 aliphatic heterocycles. The number of aryl methyl sites for hydroxylation is 1. The van der Waals surface area contributed by atoms with Crippen LogP contribution in [0.2, 0.25) is 0 Å². The van der Waals surface area contributed by atoms with Gasteiger partial charge in [-0.3, -0.25) is 0 Å². The summed E-state index contributed by atoms with van der Waals surface area (Å²) in [6.45, 7) is 8.99. The van der Waals surface area contributed by atoms with E-state index < -0.39 is 0 Å². The first-order valence-electron chi connectivity index (χ1n) is 5.86. The summed E-state index contributed by atoms with van der Waals surface area (Å²) in [6, 6.07) is 4.65. The minimum atomic E-state index is 0.782. The predicted molar refractivity (Wildman–Crippen MR) is 71.4 cm³/mol. The van der Waals surface area contributed by atoms with Crippen molar-refractivity contribution in [1.29, 1.82) is 0 Å². The molecule has 0 aliphatic rings. The Morgan fingerprint density at radius 1 is 1.27 bits per heavy atom. The summed E-state index contributed by atoms with van der Waals surface area (Å²) in [7, 11) is 0. The summed E-state index contributed by atoms with van der Waals surface area (Å²) in [5, 5.41) is 0. The molecule has 0 fully saturated rings. The molecule has 0 amide bonds. The summed E-state index contributed by atoms with van der Waals surface area (Å²) in [6.07, 6.45) is 3.58. The van der Waals surface area contributed by atoms with Crippen LogP contribution in [0.1, 0.15) is 43.9 Å². The SMILES string of the molecule is CCc1cc(CC(C)CC)cc(Br)c1C. The number of rotatable bonds is 4. The maximum absolute atomic E-state index is 3.65. The average Bonchev–Trinajstić information content (AvgIpc) is 2.22. The van der Waals surface area contributed by atoms with Gasteiger partial charge in [-0.05, 0) is 48.4 Å². The molecule has 0 bridgehead atoms. The van der Waals surface area contributed by atoms with Gasteiger partial charge in [0.2, 0.25) is 0 Å². The van der Waals surface area contributed by atoms with Crippen LogP contribution in [-0.4, -0.2) is 0 Å². The number of hydrogen-bond acceptors (Lipinski definition) is 0. The van der Waals surface area contributed by atoms with Gasteiger partial charge in [0, 0.05) is 4.47 Å². The lowest BCUT2D eigenvalue weighted by molar-refractivity contribution is 0.560. The Hall–Kier alpha value is -0.300. The van der Waals surface area contributed by atoms with E-state index in [9.17, 15) is 0 Å². The van der Waals surface area contributed by atoms with Gasteiger partial charge >= 0.3 is 0 Å². The predicted octanol–water partition coefficient (Wildman–Crippen LogP) is 4.91. The molecule has 0 saturated heterocycles. The van der Waals surface area contributed by atoms with E-state index in [1.54, 1.807) is 0 Å². The molecule has 0 aromatic heterocycles. The van der Waals surface area contributed by atoms with E-state index in [-0.39, 0.29) is 0 Å². The Kier molecular flexibility index (Phi) is 4.85. The summed E-state index contributed by atoms with van der Waals surface area (Å²) in [5.41, 5.74) is 4.34. The molecule has 0 heterocycles. The van der Waals surface area contributed by atoms with Crippen molar-refractivity contribution in [3.8, 4) is 0 Å². The number of hydrogen-bond donors (Lipinski definition) is 0. The molecule has 15 heavy (non-hydrogen) atoms. The molecule has 0 saturated carbocycles. The molecule has 0 radical (unpaired) electrons. The van der Waals surface area contributed by atoms with Crippen LogP contribution in [0.4, 0.5) is 0 Å². The molecule has 0 nitrogen and oxygen atoms in total. The third kappa shape index (κ3) is 3.34. The number of halogens is 1. The molecule has 1 unspecified atom stereocenters. The van der Waals surface area contributed by atoms with Crippen LogP contribution in [0, 0.1) is 12.8 Å². The molecular formula is C14H21Br. The van der Waals surface area contributed by atoms with Crippen LogP contribution in [0.5, 0.6) is 0 Å². The highest BCUT2D eigenvalue weighted by Gasteiger charge is 2.06. The van der Waals surface area contributed by atoms with E-state index in [0.717, 1.165) is 12.3 Å². The molecule has 1 rings (SSSR count). The highest BCUT2D eigenvalue weighted by Crippen LogP contribution is 2.24. The van der Waals surface area contributed by atoms with Gasteiger partial charge in [-0.25, -0.2) is 0 Å². The zero-order valence-corrected chi connectivity index (χ0v) is 11.8. The molecule has 0 N–H and O–H groups in total. The van der Waals surface area contributed by atoms with Crippen LogP contribution < -0.4 is 0 Å². The van der Waals surface area contributed by atoms with E-state index in [4.69, 9.17) is 0 Å². The topological polar surface area (TPSA) is 0 Å². The van der Waals surface area contributed by atoms with Gasteiger partial charge in [0.1, 0.15) is 0 Å². The Bertz CT molecular complexity index is 328. The molecule has 1 heteroatoms. The number of benzene rings is 1. The van der Waals surface area contributed by atoms with Crippen molar-refractivity contribution >= 4 is 15.9 Å². The van der Waals surface area contributed by atoms with Crippen LogP contribution in [0.25, 0.3) is 0 Å². The third-order valence-electron chi connectivity index (χ3n) is 3.17. The monoisotopic (exact) mass is 268 g/mol. The minimum absolute atomic E-state index is 0.782. The van der Waals surface area contributed by atoms with Crippen molar-refractivity contribution in [2.75, 3.05) is 0 Å². The largest absolute Gasteiger partial charge is 0.0651 e. The maximum Gasteiger partial charge on any atom is 0.0209 e. The van der Waals surface area contributed by atoms with Crippen molar-refractivity contribution in [3.63, 3.8) is 0 Å². The lowest BCUT2D eigenvalue weighted by atomic mass is 9.95. The summed E-state index contributed by atoms with van der Waals surface area (Å²) >= 11 is 3.65. The van der Waals surface area contributed by atoms with Crippen LogP contribution in [0.3, 0.4) is 0 Å². The Morgan fingerprint density at radius 3 is 2.47 bits per heavy atom. The van der Waals surface area contributed by atoms with Crippen molar-refractivity contribution in [3.05, 3.63) is 33.3 Å². The van der Waals surface area contributed by atoms with E-state index in [1.807, 2.05) is 0 Å². The summed E-state index contributed by atoms with van der Waals surface area (Å²) in [4.78, 5) is 0. The Labute approximate surface area is 102 Å². The average molecular weight is 269 g/mol. The normalized spacial score (nSPS) is 12.9. The van der Waals surface area contributed by atoms with Gasteiger partial charge in [-0.1, -0.05) is 49.2 Å². The Morgan fingerprint density at radius 2 is 1.93 bits per heavy atom. The lowest BCUT2D eigenvalue weighted by Crippen LogP contribution is -2.00. The first-order valence-corrected chi connectivity index (χ1v) is 6.65. The minimum Gasteiger partial charge on any atom is -0.0651 e. The fourth-order valence-corrected chi connectivity index (χ4v) is 2.38. The summed E-state index contributed by atoms with van der Waals surface area (Å²) in [5.74, 6) is 0.782. The molecule has 1 aromatic carbocycles. The Balaban J connectivity index is 2.95. The molecule has 1 aromatic rings. The van der Waals surface area contributed by atoms with Crippen LogP contribution >= 0.6 is 15.9 Å². The van der Waals surface area contributed by atoms with Gasteiger partial charge in [0.15, 0.2) is 0 Å². The fraction of sp³-hybridized carbons (Fsp3) is 0.571. The quantitative estimate of drug-likeness (QED) is 0.728. The zero-order chi connectivity index (χ0) is 11.4. The first-order chi connectivity index (χ1) is 7.08. The lowest BCUT2D eigenvalue weighted by Gasteiger charge is -2.13. The summed E-state index contributed by atoms with van der Waals surface area (Å²) < 4.78 is 1.26. The zero-order valence-electron chi connectivity index (χ0n) is 10.2. The second-order valence-electron chi connectivity index (χ2n) is 4.43. The van der Waals surface area contributed by atoms with Crippen molar-refractivity contribution in [2.45, 2.75) is 47.0 Å². The van der Waals surface area contributed by atoms with E-state index in [2.05, 4.69) is 55.8 Å². The van der Waals surface area contributed by atoms with Crippen molar-refractivity contribution in [2.24, 2.45) is 5.92 Å². The highest BCUT2D eigenvalue weighted by atomic mass is 79.9. The van der Waals surface area contributed by atoms with Gasteiger partial charge in [0.25, 0.3) is 0 Å². The van der Waals surface area contributed by atoms with E-state index in [0.29, 0.717) is 0 Å². The van der Waals surface area contributed by atoms with Crippen LogP contribution in [0.15, 0.2) is 16.6 Å². The van der Waals surface area contributed by atoms with E-state index >= 15 is 0 Å². The molecular weight excluding hydrogens is 248 g/mol. The van der Waals surface area contributed by atoms with Crippen molar-refractivity contribution < 1.29 is 0 Å². The second-order valence-corrected chi connectivity index (χ2v) is 5.29. The third-order valence-corrected chi connectivity index (χ3v) is 4.00. The van der Waals surface area contributed by atoms with Crippen LogP contribution in [-0.2, 0) is 12.8 Å². The van der Waals surface area contributed by atoms with Gasteiger partial charge in [-0.15, -0.1) is 0 Å². The molecule has 0 spiro atoms. The van der Waals surface area contributed by atoms with Gasteiger partial charge < -0.3 is 0 Å². The molecule has 84 valence electrons. The standard InChI is InChI=1S/C14H21Br/c1-5-10(3)7-12-8-13(6-2)11(4)14(15)9-12/h8-10H,5-7H2,1-4H3. The maximum atomic E-state index is 3.65. The second kappa shape index (κ2) is 5.69. The van der Waals surface area contributed by atoms with E-state index in [1.165, 1.54) is 34.0 Å². The molecule has 0 aliphatic carbocycles. The highest BCUT2D eigenvalue weighted by molar-refractivity contribution is 9.10. The van der Waals surface area contributed by atoms with Gasteiger partial charge in [-0.2, -0.15) is 0 Å². The smallest absolute Gasteiger partial charge is 0.0209 e.